The van der Waals surface area contributed by atoms with E-state index in [1.807, 2.05) is 29.6 Å². The van der Waals surface area contributed by atoms with E-state index in [-0.39, 0.29) is 6.04 Å². The monoisotopic (exact) mass is 341 g/mol. The Hall–Kier alpha value is -0.880. The van der Waals surface area contributed by atoms with Crippen molar-refractivity contribution in [1.82, 2.24) is 0 Å². The van der Waals surface area contributed by atoms with E-state index in [1.54, 1.807) is 18.4 Å². The van der Waals surface area contributed by atoms with Gasteiger partial charge in [-0.2, -0.15) is 11.3 Å². The smallest absolute Gasteiger partial charge is 0.133 e. The molecule has 0 aliphatic heterocycles. The number of hydrogen-bond acceptors (Lipinski definition) is 4. The van der Waals surface area contributed by atoms with Crippen molar-refractivity contribution in [2.24, 2.45) is 5.73 Å². The van der Waals surface area contributed by atoms with Gasteiger partial charge in [-0.3, -0.25) is 0 Å². The highest BCUT2D eigenvalue weighted by atomic mass is 79.9. The number of halogens is 1. The molecule has 0 aliphatic carbocycles. The molecule has 0 aliphatic rings. The summed E-state index contributed by atoms with van der Waals surface area (Å²) >= 11 is 5.17. The molecule has 102 valence electrons. The fraction of sp³-hybridized carbons (Fsp3) is 0.286. The van der Waals surface area contributed by atoms with Crippen molar-refractivity contribution >= 4 is 27.3 Å². The van der Waals surface area contributed by atoms with Crippen molar-refractivity contribution in [3.8, 4) is 5.75 Å². The topological polar surface area (TPSA) is 44.5 Å². The van der Waals surface area contributed by atoms with Gasteiger partial charge < -0.3 is 15.2 Å². The average molecular weight is 342 g/mol. The SMILES string of the molecule is COCCOc1ccc(C(N)c2ccsc2)cc1Br. The van der Waals surface area contributed by atoms with Crippen LogP contribution in [0.15, 0.2) is 39.5 Å². The molecule has 3 nitrogen and oxygen atoms in total. The standard InChI is InChI=1S/C14H16BrNO2S/c1-17-5-6-18-13-3-2-10(8-12(13)15)14(16)11-4-7-19-9-11/h2-4,7-9,14H,5-6,16H2,1H3. The highest BCUT2D eigenvalue weighted by molar-refractivity contribution is 9.10. The maximum absolute atomic E-state index is 6.23. The summed E-state index contributed by atoms with van der Waals surface area (Å²) in [6.07, 6.45) is 0. The van der Waals surface area contributed by atoms with Gasteiger partial charge in [0.15, 0.2) is 0 Å². The molecule has 1 aromatic heterocycles. The molecule has 1 heterocycles. The van der Waals surface area contributed by atoms with Crippen LogP contribution in [0, 0.1) is 0 Å². The quantitative estimate of drug-likeness (QED) is 0.816. The first-order valence-corrected chi connectivity index (χ1v) is 7.65. The Morgan fingerprint density at radius 2 is 2.11 bits per heavy atom. The van der Waals surface area contributed by atoms with Crippen molar-refractivity contribution in [1.29, 1.82) is 0 Å². The van der Waals surface area contributed by atoms with E-state index in [1.165, 1.54) is 0 Å². The van der Waals surface area contributed by atoms with E-state index in [0.717, 1.165) is 21.3 Å². The lowest BCUT2D eigenvalue weighted by Crippen LogP contribution is -2.11. The Bertz CT molecular complexity index is 516. The van der Waals surface area contributed by atoms with Crippen LogP contribution < -0.4 is 10.5 Å². The Morgan fingerprint density at radius 1 is 1.26 bits per heavy atom. The van der Waals surface area contributed by atoms with Crippen molar-refractivity contribution < 1.29 is 9.47 Å². The van der Waals surface area contributed by atoms with Crippen molar-refractivity contribution in [3.05, 3.63) is 50.6 Å². The van der Waals surface area contributed by atoms with Gasteiger partial charge in [0, 0.05) is 7.11 Å². The first-order valence-electron chi connectivity index (χ1n) is 5.91. The second-order valence-electron chi connectivity index (χ2n) is 4.07. The van der Waals surface area contributed by atoms with E-state index >= 15 is 0 Å². The molecular weight excluding hydrogens is 326 g/mol. The van der Waals surface area contributed by atoms with E-state index in [9.17, 15) is 0 Å². The van der Waals surface area contributed by atoms with Crippen LogP contribution in [0.5, 0.6) is 5.75 Å². The summed E-state index contributed by atoms with van der Waals surface area (Å²) in [5, 5.41) is 4.11. The fourth-order valence-corrected chi connectivity index (χ4v) is 2.91. The van der Waals surface area contributed by atoms with E-state index in [0.29, 0.717) is 13.2 Å². The lowest BCUT2D eigenvalue weighted by Gasteiger charge is -2.13. The van der Waals surface area contributed by atoms with E-state index < -0.39 is 0 Å². The van der Waals surface area contributed by atoms with Crippen molar-refractivity contribution in [2.45, 2.75) is 6.04 Å². The lowest BCUT2D eigenvalue weighted by molar-refractivity contribution is 0.146. The van der Waals surface area contributed by atoms with Crippen LogP contribution in [0.3, 0.4) is 0 Å². The van der Waals surface area contributed by atoms with Gasteiger partial charge in [-0.05, 0) is 56.0 Å². The Labute approximate surface area is 125 Å². The molecule has 0 bridgehead atoms. The van der Waals surface area contributed by atoms with Crippen LogP contribution in [-0.4, -0.2) is 20.3 Å². The zero-order valence-corrected chi connectivity index (χ0v) is 13.0. The molecule has 0 amide bonds. The summed E-state index contributed by atoms with van der Waals surface area (Å²) in [4.78, 5) is 0. The summed E-state index contributed by atoms with van der Waals surface area (Å²) in [6, 6.07) is 7.88. The molecule has 2 N–H and O–H groups in total. The summed E-state index contributed by atoms with van der Waals surface area (Å²) < 4.78 is 11.5. The predicted octanol–water partition coefficient (Wildman–Crippen LogP) is 3.58. The van der Waals surface area contributed by atoms with Crippen LogP contribution in [0.1, 0.15) is 17.2 Å². The first kappa shape index (κ1) is 14.5. The average Bonchev–Trinajstić information content (AvgIpc) is 2.94. The summed E-state index contributed by atoms with van der Waals surface area (Å²) in [6.45, 7) is 1.10. The number of ether oxygens (including phenoxy) is 2. The minimum Gasteiger partial charge on any atom is -0.490 e. The molecule has 1 aromatic carbocycles. The summed E-state index contributed by atoms with van der Waals surface area (Å²) in [5.41, 5.74) is 8.42. The predicted molar refractivity (Wildman–Crippen MR) is 81.9 cm³/mol. The minimum absolute atomic E-state index is 0.101. The van der Waals surface area contributed by atoms with Crippen LogP contribution in [0.25, 0.3) is 0 Å². The molecule has 2 rings (SSSR count). The van der Waals surface area contributed by atoms with Gasteiger partial charge in [-0.1, -0.05) is 6.07 Å². The van der Waals surface area contributed by atoms with Gasteiger partial charge in [0.25, 0.3) is 0 Å². The van der Waals surface area contributed by atoms with Gasteiger partial charge in [-0.25, -0.2) is 0 Å². The Balaban J connectivity index is 2.10. The Morgan fingerprint density at radius 3 is 2.74 bits per heavy atom. The second kappa shape index (κ2) is 7.05. The zero-order valence-electron chi connectivity index (χ0n) is 10.6. The largest absolute Gasteiger partial charge is 0.490 e. The van der Waals surface area contributed by atoms with E-state index in [2.05, 4.69) is 21.3 Å². The molecule has 2 aromatic rings. The van der Waals surface area contributed by atoms with E-state index in [4.69, 9.17) is 15.2 Å². The molecule has 0 spiro atoms. The maximum atomic E-state index is 6.23. The first-order chi connectivity index (χ1) is 9.22. The molecule has 1 unspecified atom stereocenters. The number of rotatable bonds is 6. The third-order valence-electron chi connectivity index (χ3n) is 2.76. The molecule has 19 heavy (non-hydrogen) atoms. The van der Waals surface area contributed by atoms with Gasteiger partial charge in [-0.15, -0.1) is 0 Å². The molecule has 0 saturated heterocycles. The number of methoxy groups -OCH3 is 1. The van der Waals surface area contributed by atoms with Crippen LogP contribution in [0.4, 0.5) is 0 Å². The van der Waals surface area contributed by atoms with Crippen LogP contribution in [-0.2, 0) is 4.74 Å². The third-order valence-corrected chi connectivity index (χ3v) is 4.08. The van der Waals surface area contributed by atoms with Crippen LogP contribution >= 0.6 is 27.3 Å². The molecular formula is C14H16BrNO2S. The normalized spacial score (nSPS) is 12.4. The minimum atomic E-state index is -0.101. The number of hydrogen-bond donors (Lipinski definition) is 1. The highest BCUT2D eigenvalue weighted by Gasteiger charge is 2.11. The summed E-state index contributed by atoms with van der Waals surface area (Å²) in [5.74, 6) is 0.804. The van der Waals surface area contributed by atoms with Gasteiger partial charge in [0.2, 0.25) is 0 Å². The zero-order chi connectivity index (χ0) is 13.7. The highest BCUT2D eigenvalue weighted by Crippen LogP contribution is 2.30. The molecule has 0 fully saturated rings. The molecule has 0 saturated carbocycles. The fourth-order valence-electron chi connectivity index (χ4n) is 1.71. The molecule has 1 atom stereocenters. The molecule has 0 radical (unpaired) electrons. The summed E-state index contributed by atoms with van der Waals surface area (Å²) in [7, 11) is 1.65. The Kier molecular flexibility index (Phi) is 5.39. The second-order valence-corrected chi connectivity index (χ2v) is 5.70. The maximum Gasteiger partial charge on any atom is 0.133 e. The van der Waals surface area contributed by atoms with Gasteiger partial charge in [0.1, 0.15) is 12.4 Å². The third kappa shape index (κ3) is 3.79. The van der Waals surface area contributed by atoms with Crippen LogP contribution in [0.2, 0.25) is 0 Å². The van der Waals surface area contributed by atoms with Crippen molar-refractivity contribution in [2.75, 3.05) is 20.3 Å². The number of benzene rings is 1. The lowest BCUT2D eigenvalue weighted by atomic mass is 10.0. The number of nitrogens with two attached hydrogens (primary N) is 1. The van der Waals surface area contributed by atoms with Gasteiger partial charge >= 0.3 is 0 Å². The molecule has 5 heteroatoms. The van der Waals surface area contributed by atoms with Gasteiger partial charge in [0.05, 0.1) is 17.1 Å². The number of thiophene rings is 1. The van der Waals surface area contributed by atoms with Crippen molar-refractivity contribution in [3.63, 3.8) is 0 Å².